The van der Waals surface area contributed by atoms with Gasteiger partial charge < -0.3 is 11.1 Å². The second kappa shape index (κ2) is 7.27. The Labute approximate surface area is 135 Å². The van der Waals surface area contributed by atoms with Gasteiger partial charge in [0.1, 0.15) is 0 Å². The zero-order chi connectivity index (χ0) is 16.1. The molecule has 1 unspecified atom stereocenters. The lowest BCUT2D eigenvalue weighted by Gasteiger charge is -2.23. The Balaban J connectivity index is 2.05. The number of carbonyl (C=O) groups excluding carboxylic acids is 1. The number of rotatable bonds is 5. The molecule has 0 bridgehead atoms. The molecule has 0 spiro atoms. The summed E-state index contributed by atoms with van der Waals surface area (Å²) in [4.78, 5) is 16.4. The number of nitrogens with zero attached hydrogens (tertiary/aromatic N) is 1. The fourth-order valence-electron chi connectivity index (χ4n) is 2.23. The number of nitrogens with two attached hydrogens (primary N) is 1. The summed E-state index contributed by atoms with van der Waals surface area (Å²) in [6.07, 6.45) is 1.79. The Morgan fingerprint density at radius 3 is 2.45 bits per heavy atom. The SMILES string of the molecule is CC(C)C(NC(=O)Cc1ccc(N)cn1)c1ccc(Cl)cc1. The normalized spacial score (nSPS) is 12.2. The molecule has 0 fully saturated rings. The van der Waals surface area contributed by atoms with Crippen molar-refractivity contribution in [3.63, 3.8) is 0 Å². The van der Waals surface area contributed by atoms with Gasteiger partial charge in [0.15, 0.2) is 0 Å². The van der Waals surface area contributed by atoms with Gasteiger partial charge in [-0.2, -0.15) is 0 Å². The predicted molar refractivity (Wildman–Crippen MR) is 89.5 cm³/mol. The minimum Gasteiger partial charge on any atom is -0.397 e. The summed E-state index contributed by atoms with van der Waals surface area (Å²) in [5.74, 6) is 0.204. The Morgan fingerprint density at radius 2 is 1.91 bits per heavy atom. The first-order chi connectivity index (χ1) is 10.5. The summed E-state index contributed by atoms with van der Waals surface area (Å²) in [6, 6.07) is 11.0. The van der Waals surface area contributed by atoms with Crippen molar-refractivity contribution >= 4 is 23.2 Å². The fraction of sp³-hybridized carbons (Fsp3) is 0.294. The van der Waals surface area contributed by atoms with Crippen LogP contribution in [0, 0.1) is 5.92 Å². The number of nitrogens with one attached hydrogen (secondary N) is 1. The van der Waals surface area contributed by atoms with Crippen LogP contribution in [0.3, 0.4) is 0 Å². The molecule has 2 aromatic rings. The number of pyridine rings is 1. The topological polar surface area (TPSA) is 68.0 Å². The van der Waals surface area contributed by atoms with Gasteiger partial charge in [-0.15, -0.1) is 0 Å². The molecule has 5 heteroatoms. The zero-order valence-corrected chi connectivity index (χ0v) is 13.5. The van der Waals surface area contributed by atoms with Crippen molar-refractivity contribution in [2.75, 3.05) is 5.73 Å². The van der Waals surface area contributed by atoms with Crippen molar-refractivity contribution in [3.05, 3.63) is 58.9 Å². The van der Waals surface area contributed by atoms with E-state index in [4.69, 9.17) is 17.3 Å². The van der Waals surface area contributed by atoms with Crippen LogP contribution in [0.4, 0.5) is 5.69 Å². The quantitative estimate of drug-likeness (QED) is 0.888. The average Bonchev–Trinajstić information content (AvgIpc) is 2.48. The molecule has 2 rings (SSSR count). The highest BCUT2D eigenvalue weighted by Gasteiger charge is 2.18. The van der Waals surface area contributed by atoms with Crippen LogP contribution >= 0.6 is 11.6 Å². The van der Waals surface area contributed by atoms with Gasteiger partial charge >= 0.3 is 0 Å². The number of anilines is 1. The van der Waals surface area contributed by atoms with Gasteiger partial charge in [-0.05, 0) is 35.7 Å². The van der Waals surface area contributed by atoms with E-state index in [9.17, 15) is 4.79 Å². The first-order valence-electron chi connectivity index (χ1n) is 7.21. The van der Waals surface area contributed by atoms with E-state index in [0.717, 1.165) is 5.56 Å². The molecule has 4 nitrogen and oxygen atoms in total. The van der Waals surface area contributed by atoms with Crippen LogP contribution in [0.2, 0.25) is 5.02 Å². The van der Waals surface area contributed by atoms with Crippen molar-refractivity contribution in [3.8, 4) is 0 Å². The number of carbonyl (C=O) groups is 1. The third kappa shape index (κ3) is 4.46. The summed E-state index contributed by atoms with van der Waals surface area (Å²) in [6.45, 7) is 4.14. The van der Waals surface area contributed by atoms with E-state index in [2.05, 4.69) is 24.1 Å². The highest BCUT2D eigenvalue weighted by atomic mass is 35.5. The maximum atomic E-state index is 12.2. The molecule has 0 aliphatic carbocycles. The lowest BCUT2D eigenvalue weighted by atomic mass is 9.96. The van der Waals surface area contributed by atoms with Gasteiger partial charge in [-0.1, -0.05) is 37.6 Å². The minimum atomic E-state index is -0.0640. The van der Waals surface area contributed by atoms with Crippen LogP contribution in [-0.4, -0.2) is 10.9 Å². The molecule has 1 aromatic heterocycles. The third-order valence-electron chi connectivity index (χ3n) is 3.40. The van der Waals surface area contributed by atoms with Gasteiger partial charge in [0, 0.05) is 10.7 Å². The summed E-state index contributed by atoms with van der Waals surface area (Å²) in [7, 11) is 0. The standard InChI is InChI=1S/C17H20ClN3O/c1-11(2)17(12-3-5-13(18)6-4-12)21-16(22)9-15-8-7-14(19)10-20-15/h3-8,10-11,17H,9,19H2,1-2H3,(H,21,22). The number of benzene rings is 1. The molecule has 22 heavy (non-hydrogen) atoms. The highest BCUT2D eigenvalue weighted by Crippen LogP contribution is 2.23. The lowest BCUT2D eigenvalue weighted by Crippen LogP contribution is -2.33. The predicted octanol–water partition coefficient (Wildman–Crippen LogP) is 3.37. The van der Waals surface area contributed by atoms with E-state index in [1.165, 1.54) is 0 Å². The number of halogens is 1. The Bertz CT molecular complexity index is 623. The van der Waals surface area contributed by atoms with Crippen molar-refractivity contribution in [2.24, 2.45) is 5.92 Å². The van der Waals surface area contributed by atoms with Gasteiger partial charge in [-0.25, -0.2) is 0 Å². The number of hydrogen-bond donors (Lipinski definition) is 2. The van der Waals surface area contributed by atoms with E-state index in [1.807, 2.05) is 24.3 Å². The van der Waals surface area contributed by atoms with Gasteiger partial charge in [0.25, 0.3) is 0 Å². The van der Waals surface area contributed by atoms with Gasteiger partial charge in [0.2, 0.25) is 5.91 Å². The smallest absolute Gasteiger partial charge is 0.226 e. The molecule has 1 amide bonds. The average molecular weight is 318 g/mol. The number of nitrogen functional groups attached to an aromatic ring is 1. The summed E-state index contributed by atoms with van der Waals surface area (Å²) in [5.41, 5.74) is 7.92. The first-order valence-corrected chi connectivity index (χ1v) is 7.58. The molecule has 1 heterocycles. The minimum absolute atomic E-state index is 0.0569. The van der Waals surface area contributed by atoms with Crippen molar-refractivity contribution < 1.29 is 4.79 Å². The van der Waals surface area contributed by atoms with Crippen molar-refractivity contribution in [1.82, 2.24) is 10.3 Å². The molecule has 1 aromatic carbocycles. The number of aromatic nitrogens is 1. The largest absolute Gasteiger partial charge is 0.397 e. The maximum Gasteiger partial charge on any atom is 0.226 e. The number of hydrogen-bond acceptors (Lipinski definition) is 3. The molecule has 0 aliphatic heterocycles. The van der Waals surface area contributed by atoms with Gasteiger partial charge in [-0.3, -0.25) is 9.78 Å². The van der Waals surface area contributed by atoms with Crippen LogP contribution < -0.4 is 11.1 Å². The summed E-state index contributed by atoms with van der Waals surface area (Å²) >= 11 is 5.92. The van der Waals surface area contributed by atoms with E-state index >= 15 is 0 Å². The summed E-state index contributed by atoms with van der Waals surface area (Å²) < 4.78 is 0. The van der Waals surface area contributed by atoms with Crippen LogP contribution in [0.15, 0.2) is 42.6 Å². The third-order valence-corrected chi connectivity index (χ3v) is 3.65. The van der Waals surface area contributed by atoms with E-state index < -0.39 is 0 Å². The molecule has 0 radical (unpaired) electrons. The van der Waals surface area contributed by atoms with Crippen LogP contribution in [-0.2, 0) is 11.2 Å². The van der Waals surface area contributed by atoms with Crippen LogP contribution in [0.25, 0.3) is 0 Å². The maximum absolute atomic E-state index is 12.2. The molecular weight excluding hydrogens is 298 g/mol. The zero-order valence-electron chi connectivity index (χ0n) is 12.7. The lowest BCUT2D eigenvalue weighted by molar-refractivity contribution is -0.121. The monoisotopic (exact) mass is 317 g/mol. The molecule has 0 aliphatic rings. The fourth-order valence-corrected chi connectivity index (χ4v) is 2.36. The summed E-state index contributed by atoms with van der Waals surface area (Å²) in [5, 5.41) is 3.75. The molecule has 0 saturated carbocycles. The highest BCUT2D eigenvalue weighted by molar-refractivity contribution is 6.30. The molecular formula is C17H20ClN3O. The second-order valence-electron chi connectivity index (χ2n) is 5.60. The van der Waals surface area contributed by atoms with Crippen molar-refractivity contribution in [1.29, 1.82) is 0 Å². The Morgan fingerprint density at radius 1 is 1.23 bits per heavy atom. The molecule has 0 saturated heterocycles. The van der Waals surface area contributed by atoms with E-state index in [0.29, 0.717) is 16.4 Å². The Hall–Kier alpha value is -2.07. The molecule has 1 atom stereocenters. The van der Waals surface area contributed by atoms with E-state index in [-0.39, 0.29) is 24.3 Å². The Kier molecular flexibility index (Phi) is 5.39. The van der Waals surface area contributed by atoms with E-state index in [1.54, 1.807) is 18.3 Å². The van der Waals surface area contributed by atoms with Crippen LogP contribution in [0.5, 0.6) is 0 Å². The van der Waals surface area contributed by atoms with Gasteiger partial charge in [0.05, 0.1) is 24.3 Å². The number of amides is 1. The first kappa shape index (κ1) is 16.3. The molecule has 116 valence electrons. The molecule has 3 N–H and O–H groups in total. The van der Waals surface area contributed by atoms with Crippen LogP contribution in [0.1, 0.15) is 31.1 Å². The second-order valence-corrected chi connectivity index (χ2v) is 6.04. The van der Waals surface area contributed by atoms with Crippen molar-refractivity contribution in [2.45, 2.75) is 26.3 Å².